The van der Waals surface area contributed by atoms with E-state index in [1.807, 2.05) is 0 Å². The van der Waals surface area contributed by atoms with Crippen LogP contribution in [0, 0.1) is 5.41 Å². The molecule has 26 heavy (non-hydrogen) atoms. The van der Waals surface area contributed by atoms with Gasteiger partial charge in [-0.25, -0.2) is 4.79 Å². The summed E-state index contributed by atoms with van der Waals surface area (Å²) in [6.45, 7) is 6.06. The second-order valence-electron chi connectivity index (χ2n) is 6.17. The van der Waals surface area contributed by atoms with Crippen LogP contribution in [0.4, 0.5) is 18.0 Å². The molecule has 1 atom stereocenters. The first-order valence-electron chi connectivity index (χ1n) is 7.33. The van der Waals surface area contributed by atoms with E-state index in [1.165, 1.54) is 0 Å². The van der Waals surface area contributed by atoms with Crippen molar-refractivity contribution in [1.29, 1.82) is 5.41 Å². The average molecular weight is 377 g/mol. The van der Waals surface area contributed by atoms with E-state index in [4.69, 9.17) is 25.8 Å². The van der Waals surface area contributed by atoms with Crippen LogP contribution in [0.3, 0.4) is 0 Å². The first-order valence-corrected chi connectivity index (χ1v) is 7.33. The number of hydrogen-bond acceptors (Lipinski definition) is 4. The molecule has 0 saturated carbocycles. The molecule has 0 fully saturated rings. The minimum Gasteiger partial charge on any atom is -0.481 e. The molecule has 1 rings (SSSR count). The molecule has 7 nitrogen and oxygen atoms in total. The number of hydrogen-bond donors (Lipinski definition) is 4. The molecule has 0 radical (unpaired) electrons. The van der Waals surface area contributed by atoms with Crippen LogP contribution in [0.5, 0.6) is 0 Å². The van der Waals surface area contributed by atoms with Crippen molar-refractivity contribution < 1.29 is 32.6 Å². The normalized spacial score (nSPS) is 12.3. The molecule has 1 aromatic carbocycles. The topological polar surface area (TPSA) is 125 Å². The van der Waals surface area contributed by atoms with Crippen LogP contribution in [0.15, 0.2) is 24.3 Å². The molecule has 0 saturated heterocycles. The summed E-state index contributed by atoms with van der Waals surface area (Å²) in [7, 11) is 0. The van der Waals surface area contributed by atoms with E-state index in [1.54, 1.807) is 20.8 Å². The van der Waals surface area contributed by atoms with Gasteiger partial charge >= 0.3 is 12.3 Å². The SMILES string of the molecule is CC(=O)O.CC(C)(C)OC(=O)NC(C(=N)N)c1ccc(C(F)(F)F)cc1. The molecule has 0 bridgehead atoms. The predicted octanol–water partition coefficient (Wildman–Crippen LogP) is 3.30. The van der Waals surface area contributed by atoms with E-state index in [0.29, 0.717) is 0 Å². The molecule has 10 heteroatoms. The van der Waals surface area contributed by atoms with Crippen molar-refractivity contribution in [3.63, 3.8) is 0 Å². The number of alkyl halides is 3. The van der Waals surface area contributed by atoms with Crippen LogP contribution < -0.4 is 11.1 Å². The molecule has 1 aromatic rings. The molecule has 0 aliphatic rings. The van der Waals surface area contributed by atoms with E-state index in [2.05, 4.69) is 5.32 Å². The molecular formula is C16H22F3N3O4. The van der Waals surface area contributed by atoms with Crippen molar-refractivity contribution in [3.8, 4) is 0 Å². The van der Waals surface area contributed by atoms with Crippen molar-refractivity contribution in [2.45, 2.75) is 45.5 Å². The molecule has 0 aliphatic carbocycles. The number of alkyl carbamates (subject to hydrolysis) is 1. The maximum Gasteiger partial charge on any atom is 0.416 e. The minimum absolute atomic E-state index is 0.256. The Morgan fingerprint density at radius 1 is 1.19 bits per heavy atom. The fourth-order valence-electron chi connectivity index (χ4n) is 1.63. The highest BCUT2D eigenvalue weighted by Gasteiger charge is 2.30. The van der Waals surface area contributed by atoms with Gasteiger partial charge in [0.2, 0.25) is 0 Å². The van der Waals surface area contributed by atoms with Gasteiger partial charge in [-0.2, -0.15) is 13.2 Å². The summed E-state index contributed by atoms with van der Waals surface area (Å²) in [5.74, 6) is -1.24. The molecule has 5 N–H and O–H groups in total. The molecule has 1 unspecified atom stereocenters. The number of amidine groups is 1. The molecular weight excluding hydrogens is 355 g/mol. The van der Waals surface area contributed by atoms with Crippen molar-refractivity contribution in [1.82, 2.24) is 5.32 Å². The summed E-state index contributed by atoms with van der Waals surface area (Å²) in [5, 5.41) is 17.2. The van der Waals surface area contributed by atoms with E-state index >= 15 is 0 Å². The number of carboxylic acids is 1. The second-order valence-corrected chi connectivity index (χ2v) is 6.17. The molecule has 0 aromatic heterocycles. The number of amides is 1. The summed E-state index contributed by atoms with van der Waals surface area (Å²) in [6, 6.07) is 2.99. The second kappa shape index (κ2) is 9.07. The number of ether oxygens (including phenoxy) is 1. The van der Waals surface area contributed by atoms with Gasteiger partial charge in [0, 0.05) is 6.92 Å². The Morgan fingerprint density at radius 3 is 1.92 bits per heavy atom. The van der Waals surface area contributed by atoms with Gasteiger partial charge in [0.25, 0.3) is 5.97 Å². The lowest BCUT2D eigenvalue weighted by molar-refractivity contribution is -0.137. The van der Waals surface area contributed by atoms with Gasteiger partial charge in [0.15, 0.2) is 0 Å². The highest BCUT2D eigenvalue weighted by molar-refractivity contribution is 5.87. The van der Waals surface area contributed by atoms with Crippen molar-refractivity contribution in [3.05, 3.63) is 35.4 Å². The number of carbonyl (C=O) groups excluding carboxylic acids is 1. The van der Waals surface area contributed by atoms with Crippen LogP contribution in [0.1, 0.15) is 44.9 Å². The quantitative estimate of drug-likeness (QED) is 0.475. The minimum atomic E-state index is -4.46. The number of carbonyl (C=O) groups is 2. The van der Waals surface area contributed by atoms with E-state index in [-0.39, 0.29) is 5.56 Å². The zero-order valence-electron chi connectivity index (χ0n) is 14.8. The van der Waals surface area contributed by atoms with E-state index in [9.17, 15) is 18.0 Å². The Hall–Kier alpha value is -2.78. The standard InChI is InChI=1S/C14H18F3N3O2.C2H4O2/c1-13(2,3)22-12(21)20-10(11(18)19)8-4-6-9(7-5-8)14(15,16)17;1-2(3)4/h4-7,10H,1-3H3,(H3,18,19)(H,20,21);1H3,(H,3,4). The predicted molar refractivity (Wildman–Crippen MR) is 88.8 cm³/mol. The summed E-state index contributed by atoms with van der Waals surface area (Å²) in [4.78, 5) is 20.7. The maximum atomic E-state index is 12.5. The highest BCUT2D eigenvalue weighted by atomic mass is 19.4. The average Bonchev–Trinajstić information content (AvgIpc) is 2.41. The number of rotatable bonds is 3. The summed E-state index contributed by atoms with van der Waals surface area (Å²) in [5.41, 5.74) is 4.08. The maximum absolute atomic E-state index is 12.5. The summed E-state index contributed by atoms with van der Waals surface area (Å²) < 4.78 is 42.6. The molecule has 146 valence electrons. The Labute approximate surface area is 148 Å². The fourth-order valence-corrected chi connectivity index (χ4v) is 1.63. The van der Waals surface area contributed by atoms with Gasteiger partial charge in [-0.3, -0.25) is 10.2 Å². The van der Waals surface area contributed by atoms with Gasteiger partial charge in [0.05, 0.1) is 5.56 Å². The first kappa shape index (κ1) is 23.2. The number of nitrogens with one attached hydrogen (secondary N) is 2. The number of benzene rings is 1. The van der Waals surface area contributed by atoms with Crippen LogP contribution in [-0.2, 0) is 15.7 Å². The zero-order chi connectivity index (χ0) is 20.7. The van der Waals surface area contributed by atoms with Gasteiger partial charge in [-0.15, -0.1) is 0 Å². The molecule has 0 aliphatic heterocycles. The van der Waals surface area contributed by atoms with Gasteiger partial charge in [-0.1, -0.05) is 12.1 Å². The molecule has 0 heterocycles. The van der Waals surface area contributed by atoms with Gasteiger partial charge in [-0.05, 0) is 38.5 Å². The molecule has 0 spiro atoms. The fraction of sp³-hybridized carbons (Fsp3) is 0.438. The van der Waals surface area contributed by atoms with Gasteiger partial charge in [0.1, 0.15) is 17.5 Å². The third kappa shape index (κ3) is 9.50. The van der Waals surface area contributed by atoms with Crippen molar-refractivity contribution in [2.75, 3.05) is 0 Å². The monoisotopic (exact) mass is 377 g/mol. The third-order valence-electron chi connectivity index (χ3n) is 2.54. The highest BCUT2D eigenvalue weighted by Crippen LogP contribution is 2.30. The Morgan fingerprint density at radius 2 is 1.62 bits per heavy atom. The number of nitrogens with two attached hydrogens (primary N) is 1. The number of aliphatic carboxylic acids is 1. The first-order chi connectivity index (χ1) is 11.6. The lowest BCUT2D eigenvalue weighted by Gasteiger charge is -2.23. The van der Waals surface area contributed by atoms with E-state index in [0.717, 1.165) is 31.2 Å². The summed E-state index contributed by atoms with van der Waals surface area (Å²) >= 11 is 0. The summed E-state index contributed by atoms with van der Waals surface area (Å²) in [6.07, 6.45) is -5.27. The van der Waals surface area contributed by atoms with Crippen LogP contribution >= 0.6 is 0 Å². The van der Waals surface area contributed by atoms with Gasteiger partial charge < -0.3 is 20.9 Å². The van der Waals surface area contributed by atoms with Crippen molar-refractivity contribution >= 4 is 17.9 Å². The Kier molecular flexibility index (Phi) is 8.10. The van der Waals surface area contributed by atoms with Crippen LogP contribution in [0.25, 0.3) is 0 Å². The third-order valence-corrected chi connectivity index (χ3v) is 2.54. The largest absolute Gasteiger partial charge is 0.481 e. The van der Waals surface area contributed by atoms with Crippen molar-refractivity contribution in [2.24, 2.45) is 5.73 Å². The lowest BCUT2D eigenvalue weighted by atomic mass is 10.0. The molecule has 1 amide bonds. The Balaban J connectivity index is 0.00000141. The Bertz CT molecular complexity index is 634. The van der Waals surface area contributed by atoms with Crippen LogP contribution in [0.2, 0.25) is 0 Å². The smallest absolute Gasteiger partial charge is 0.416 e. The zero-order valence-corrected chi connectivity index (χ0v) is 14.8. The number of halogens is 3. The van der Waals surface area contributed by atoms with E-state index < -0.39 is 41.3 Å². The number of carboxylic acid groups (broad SMARTS) is 1. The lowest BCUT2D eigenvalue weighted by Crippen LogP contribution is -2.40. The van der Waals surface area contributed by atoms with Crippen LogP contribution in [-0.4, -0.2) is 28.6 Å².